The van der Waals surface area contributed by atoms with E-state index in [4.69, 9.17) is 5.11 Å². The molecule has 2 aromatic rings. The van der Waals surface area contributed by atoms with E-state index in [0.29, 0.717) is 4.88 Å². The molecule has 1 heterocycles. The molecule has 0 bridgehead atoms. The van der Waals surface area contributed by atoms with E-state index < -0.39 is 5.97 Å². The fourth-order valence-corrected chi connectivity index (χ4v) is 2.36. The minimum atomic E-state index is -0.846. The Balaban J connectivity index is 2.21. The van der Waals surface area contributed by atoms with Gasteiger partial charge in [-0.1, -0.05) is 24.3 Å². The zero-order valence-corrected chi connectivity index (χ0v) is 9.75. The van der Waals surface area contributed by atoms with E-state index in [2.05, 4.69) is 19.1 Å². The molecule has 0 amide bonds. The third kappa shape index (κ3) is 2.31. The minimum Gasteiger partial charge on any atom is -0.477 e. The van der Waals surface area contributed by atoms with E-state index in [0.717, 1.165) is 12.0 Å². The monoisotopic (exact) mass is 232 g/mol. The molecule has 2 nitrogen and oxygen atoms in total. The summed E-state index contributed by atoms with van der Waals surface area (Å²) in [5.74, 6) is -0.846. The molecule has 1 N–H and O–H groups in total. The Morgan fingerprint density at radius 2 is 2.12 bits per heavy atom. The van der Waals surface area contributed by atoms with Gasteiger partial charge in [0.25, 0.3) is 0 Å². The Bertz CT molecular complexity index is 514. The molecule has 0 aliphatic rings. The van der Waals surface area contributed by atoms with Gasteiger partial charge in [0.15, 0.2) is 0 Å². The molecule has 0 saturated heterocycles. The van der Waals surface area contributed by atoms with Crippen LogP contribution in [0.1, 0.15) is 26.4 Å². The van der Waals surface area contributed by atoms with Crippen LogP contribution >= 0.6 is 11.3 Å². The summed E-state index contributed by atoms with van der Waals surface area (Å²) in [5, 5.41) is 10.7. The summed E-state index contributed by atoms with van der Waals surface area (Å²) in [6.07, 6.45) is 0.802. The molecule has 2 rings (SSSR count). The highest BCUT2D eigenvalue weighted by atomic mass is 32.1. The van der Waals surface area contributed by atoms with Gasteiger partial charge in [-0.15, -0.1) is 11.3 Å². The molecule has 16 heavy (non-hydrogen) atoms. The number of carbonyl (C=O) groups is 1. The van der Waals surface area contributed by atoms with Crippen LogP contribution in [0, 0.1) is 6.92 Å². The maximum absolute atomic E-state index is 10.7. The van der Waals surface area contributed by atoms with Crippen molar-refractivity contribution in [3.05, 3.63) is 57.3 Å². The quantitative estimate of drug-likeness (QED) is 0.881. The van der Waals surface area contributed by atoms with Gasteiger partial charge in [-0.25, -0.2) is 4.79 Å². The molecular formula is C13H12O2S. The van der Waals surface area contributed by atoms with Crippen LogP contribution in [0.2, 0.25) is 0 Å². The van der Waals surface area contributed by atoms with Crippen molar-refractivity contribution in [1.82, 2.24) is 0 Å². The summed E-state index contributed by atoms with van der Waals surface area (Å²) in [7, 11) is 0. The van der Waals surface area contributed by atoms with E-state index in [-0.39, 0.29) is 0 Å². The highest BCUT2D eigenvalue weighted by molar-refractivity contribution is 7.12. The zero-order valence-electron chi connectivity index (χ0n) is 8.93. The lowest BCUT2D eigenvalue weighted by atomic mass is 10.0. The Morgan fingerprint density at radius 1 is 1.38 bits per heavy atom. The van der Waals surface area contributed by atoms with Crippen LogP contribution in [0.25, 0.3) is 0 Å². The second-order valence-electron chi connectivity index (χ2n) is 3.73. The second kappa shape index (κ2) is 4.49. The van der Waals surface area contributed by atoms with Crippen LogP contribution in [0.5, 0.6) is 0 Å². The molecule has 0 aliphatic carbocycles. The number of hydrogen-bond donors (Lipinski definition) is 1. The molecule has 82 valence electrons. The molecule has 0 unspecified atom stereocenters. The van der Waals surface area contributed by atoms with Crippen LogP contribution in [-0.4, -0.2) is 11.1 Å². The summed E-state index contributed by atoms with van der Waals surface area (Å²) in [6, 6.07) is 9.91. The smallest absolute Gasteiger partial charge is 0.345 e. The number of benzene rings is 1. The molecule has 3 heteroatoms. The lowest BCUT2D eigenvalue weighted by molar-refractivity contribution is 0.0702. The van der Waals surface area contributed by atoms with Crippen molar-refractivity contribution < 1.29 is 9.90 Å². The summed E-state index contributed by atoms with van der Waals surface area (Å²) in [4.78, 5) is 11.2. The number of carboxylic acid groups (broad SMARTS) is 1. The lowest BCUT2D eigenvalue weighted by Crippen LogP contribution is -1.92. The first-order valence-corrected chi connectivity index (χ1v) is 5.90. The van der Waals surface area contributed by atoms with Crippen molar-refractivity contribution in [1.29, 1.82) is 0 Å². The summed E-state index contributed by atoms with van der Waals surface area (Å²) in [5.41, 5.74) is 3.56. The van der Waals surface area contributed by atoms with Crippen LogP contribution in [0.15, 0.2) is 35.7 Å². The molecule has 1 aromatic heterocycles. The van der Waals surface area contributed by atoms with Crippen LogP contribution < -0.4 is 0 Å². The highest BCUT2D eigenvalue weighted by Gasteiger charge is 2.07. The second-order valence-corrected chi connectivity index (χ2v) is 4.64. The third-order valence-corrected chi connectivity index (χ3v) is 3.49. The van der Waals surface area contributed by atoms with E-state index in [1.165, 1.54) is 22.5 Å². The first-order chi connectivity index (χ1) is 7.66. The lowest BCUT2D eigenvalue weighted by Gasteiger charge is -2.02. The number of carboxylic acids is 1. The number of hydrogen-bond acceptors (Lipinski definition) is 2. The predicted molar refractivity (Wildman–Crippen MR) is 65.3 cm³/mol. The summed E-state index contributed by atoms with van der Waals surface area (Å²) < 4.78 is 0. The van der Waals surface area contributed by atoms with Crippen LogP contribution in [-0.2, 0) is 6.42 Å². The molecule has 0 aliphatic heterocycles. The summed E-state index contributed by atoms with van der Waals surface area (Å²) in [6.45, 7) is 2.07. The average Bonchev–Trinajstić information content (AvgIpc) is 2.70. The van der Waals surface area contributed by atoms with Gasteiger partial charge in [0.2, 0.25) is 0 Å². The third-order valence-electron chi connectivity index (χ3n) is 2.52. The molecule has 0 saturated carbocycles. The van der Waals surface area contributed by atoms with E-state index in [9.17, 15) is 4.79 Å². The number of aromatic carboxylic acids is 1. The fourth-order valence-electron chi connectivity index (χ4n) is 1.61. The van der Waals surface area contributed by atoms with E-state index in [1.807, 2.05) is 17.5 Å². The standard InChI is InChI=1S/C13H12O2S/c1-9-4-2-3-5-11(9)6-10-7-12(13(14)15)16-8-10/h2-5,7-8H,6H2,1H3,(H,14,15). The van der Waals surface area contributed by atoms with Gasteiger partial charge in [-0.2, -0.15) is 0 Å². The van der Waals surface area contributed by atoms with Gasteiger partial charge in [0.05, 0.1) is 0 Å². The SMILES string of the molecule is Cc1ccccc1Cc1csc(C(=O)O)c1. The van der Waals surface area contributed by atoms with Crippen molar-refractivity contribution in [2.45, 2.75) is 13.3 Å². The Morgan fingerprint density at radius 3 is 2.75 bits per heavy atom. The molecule has 1 aromatic carbocycles. The number of rotatable bonds is 3. The van der Waals surface area contributed by atoms with Gasteiger partial charge in [0, 0.05) is 0 Å². The van der Waals surface area contributed by atoms with Gasteiger partial charge in [0.1, 0.15) is 4.88 Å². The van der Waals surface area contributed by atoms with Crippen molar-refractivity contribution in [2.75, 3.05) is 0 Å². The number of aryl methyl sites for hydroxylation is 1. The molecule has 0 radical (unpaired) electrons. The fraction of sp³-hybridized carbons (Fsp3) is 0.154. The first kappa shape index (κ1) is 10.9. The maximum atomic E-state index is 10.7. The van der Waals surface area contributed by atoms with E-state index >= 15 is 0 Å². The van der Waals surface area contributed by atoms with E-state index in [1.54, 1.807) is 6.07 Å². The largest absolute Gasteiger partial charge is 0.477 e. The minimum absolute atomic E-state index is 0.406. The predicted octanol–water partition coefficient (Wildman–Crippen LogP) is 3.35. The highest BCUT2D eigenvalue weighted by Crippen LogP contribution is 2.19. The van der Waals surface area contributed by atoms with Gasteiger partial charge >= 0.3 is 5.97 Å². The molecule has 0 spiro atoms. The topological polar surface area (TPSA) is 37.3 Å². The van der Waals surface area contributed by atoms with Gasteiger partial charge in [-0.05, 0) is 41.5 Å². The average molecular weight is 232 g/mol. The van der Waals surface area contributed by atoms with Gasteiger partial charge < -0.3 is 5.11 Å². The maximum Gasteiger partial charge on any atom is 0.345 e. The van der Waals surface area contributed by atoms with Crippen LogP contribution in [0.4, 0.5) is 0 Å². The molecule has 0 atom stereocenters. The molecule has 0 fully saturated rings. The Hall–Kier alpha value is -1.61. The normalized spacial score (nSPS) is 10.3. The van der Waals surface area contributed by atoms with Crippen molar-refractivity contribution in [2.24, 2.45) is 0 Å². The molecular weight excluding hydrogens is 220 g/mol. The van der Waals surface area contributed by atoms with Crippen molar-refractivity contribution >= 4 is 17.3 Å². The Kier molecular flexibility index (Phi) is 3.06. The van der Waals surface area contributed by atoms with Crippen molar-refractivity contribution in [3.63, 3.8) is 0 Å². The van der Waals surface area contributed by atoms with Crippen LogP contribution in [0.3, 0.4) is 0 Å². The summed E-state index contributed by atoms with van der Waals surface area (Å²) >= 11 is 1.28. The van der Waals surface area contributed by atoms with Gasteiger partial charge in [-0.3, -0.25) is 0 Å². The Labute approximate surface area is 98.2 Å². The first-order valence-electron chi connectivity index (χ1n) is 5.02. The zero-order chi connectivity index (χ0) is 11.5. The van der Waals surface area contributed by atoms with Crippen molar-refractivity contribution in [3.8, 4) is 0 Å². The number of thiophene rings is 1.